The molecular formula is C14H17NO5. The van der Waals surface area contributed by atoms with Crippen molar-refractivity contribution in [2.75, 3.05) is 25.2 Å². The number of carbonyl (C=O) groups excluding carboxylic acids is 2. The zero-order valence-electron chi connectivity index (χ0n) is 11.5. The summed E-state index contributed by atoms with van der Waals surface area (Å²) < 4.78 is 4.78. The number of ether oxygens (including phenoxy) is 1. The Hall–Kier alpha value is -2.21. The predicted molar refractivity (Wildman–Crippen MR) is 72.9 cm³/mol. The van der Waals surface area contributed by atoms with E-state index in [1.54, 1.807) is 24.3 Å². The molecular weight excluding hydrogens is 262 g/mol. The van der Waals surface area contributed by atoms with Gasteiger partial charge in [0.2, 0.25) is 0 Å². The molecule has 0 bridgehead atoms. The number of methoxy groups -OCH3 is 1. The Morgan fingerprint density at radius 2 is 1.80 bits per heavy atom. The van der Waals surface area contributed by atoms with E-state index in [1.165, 1.54) is 18.9 Å². The molecule has 6 heteroatoms. The third-order valence-corrected chi connectivity index (χ3v) is 2.70. The van der Waals surface area contributed by atoms with Gasteiger partial charge >= 0.3 is 5.97 Å². The van der Waals surface area contributed by atoms with Crippen LogP contribution in [0.5, 0.6) is 0 Å². The normalized spacial score (nSPS) is 10.1. The van der Waals surface area contributed by atoms with E-state index in [1.807, 2.05) is 0 Å². The molecule has 108 valence electrons. The number of amides is 1. The van der Waals surface area contributed by atoms with E-state index < -0.39 is 5.97 Å². The van der Waals surface area contributed by atoms with Crippen molar-refractivity contribution in [2.24, 2.45) is 0 Å². The standard InChI is InChI=1S/C14H17NO5/c1-10(16)11-3-5-12(6-4-11)15(8-7-14(18)19)13(17)9-20-2/h3-6H,7-9H2,1-2H3,(H,18,19). The number of benzene rings is 1. The minimum absolute atomic E-state index is 0.0525. The highest BCUT2D eigenvalue weighted by Gasteiger charge is 2.16. The Morgan fingerprint density at radius 1 is 1.20 bits per heavy atom. The summed E-state index contributed by atoms with van der Waals surface area (Å²) >= 11 is 0. The first-order chi connectivity index (χ1) is 9.45. The highest BCUT2D eigenvalue weighted by Crippen LogP contribution is 2.16. The van der Waals surface area contributed by atoms with Gasteiger partial charge < -0.3 is 14.7 Å². The summed E-state index contributed by atoms with van der Waals surface area (Å²) in [6.45, 7) is 1.37. The average molecular weight is 279 g/mol. The molecule has 1 aromatic carbocycles. The van der Waals surface area contributed by atoms with Gasteiger partial charge in [-0.05, 0) is 31.2 Å². The van der Waals surface area contributed by atoms with Crippen molar-refractivity contribution in [1.29, 1.82) is 0 Å². The zero-order chi connectivity index (χ0) is 15.1. The average Bonchev–Trinajstić information content (AvgIpc) is 2.39. The fraction of sp³-hybridized carbons (Fsp3) is 0.357. The number of hydrogen-bond donors (Lipinski definition) is 1. The number of carboxylic acids is 1. The second-order valence-corrected chi connectivity index (χ2v) is 4.23. The molecule has 0 aliphatic carbocycles. The number of rotatable bonds is 7. The molecule has 0 unspecified atom stereocenters. The lowest BCUT2D eigenvalue weighted by molar-refractivity contribution is -0.136. The Morgan fingerprint density at radius 3 is 2.25 bits per heavy atom. The molecule has 0 aromatic heterocycles. The highest BCUT2D eigenvalue weighted by molar-refractivity contribution is 5.97. The fourth-order valence-corrected chi connectivity index (χ4v) is 1.68. The summed E-state index contributed by atoms with van der Waals surface area (Å²) in [6, 6.07) is 6.44. The molecule has 1 amide bonds. The number of carbonyl (C=O) groups is 3. The lowest BCUT2D eigenvalue weighted by atomic mass is 10.1. The SMILES string of the molecule is COCC(=O)N(CCC(=O)O)c1ccc(C(C)=O)cc1. The minimum Gasteiger partial charge on any atom is -0.481 e. The monoisotopic (exact) mass is 279 g/mol. The highest BCUT2D eigenvalue weighted by atomic mass is 16.5. The van der Waals surface area contributed by atoms with Crippen molar-refractivity contribution in [2.45, 2.75) is 13.3 Å². The first-order valence-electron chi connectivity index (χ1n) is 6.07. The maximum atomic E-state index is 11.9. The summed E-state index contributed by atoms with van der Waals surface area (Å²) in [7, 11) is 1.39. The largest absolute Gasteiger partial charge is 0.481 e. The van der Waals surface area contributed by atoms with Gasteiger partial charge in [0.05, 0.1) is 6.42 Å². The molecule has 0 aliphatic heterocycles. The van der Waals surface area contributed by atoms with Crippen LogP contribution in [0.1, 0.15) is 23.7 Å². The van der Waals surface area contributed by atoms with E-state index in [-0.39, 0.29) is 31.3 Å². The lowest BCUT2D eigenvalue weighted by Gasteiger charge is -2.22. The summed E-state index contributed by atoms with van der Waals surface area (Å²) in [5.74, 6) is -1.39. The van der Waals surface area contributed by atoms with Gasteiger partial charge in [-0.1, -0.05) is 0 Å². The topological polar surface area (TPSA) is 83.9 Å². The van der Waals surface area contributed by atoms with E-state index in [9.17, 15) is 14.4 Å². The van der Waals surface area contributed by atoms with Gasteiger partial charge in [-0.3, -0.25) is 14.4 Å². The molecule has 6 nitrogen and oxygen atoms in total. The van der Waals surface area contributed by atoms with Crippen LogP contribution in [0.25, 0.3) is 0 Å². The Kier molecular flexibility index (Phi) is 5.86. The van der Waals surface area contributed by atoms with Crippen LogP contribution in [-0.2, 0) is 14.3 Å². The van der Waals surface area contributed by atoms with Gasteiger partial charge in [0.25, 0.3) is 5.91 Å². The number of aliphatic carboxylic acids is 1. The van der Waals surface area contributed by atoms with Gasteiger partial charge in [0.15, 0.2) is 5.78 Å². The quantitative estimate of drug-likeness (QED) is 0.761. The molecule has 1 aromatic rings. The van der Waals surface area contributed by atoms with E-state index in [0.717, 1.165) is 0 Å². The molecule has 0 saturated carbocycles. The molecule has 0 radical (unpaired) electrons. The number of nitrogens with zero attached hydrogens (tertiary/aromatic N) is 1. The molecule has 0 heterocycles. The molecule has 0 fully saturated rings. The van der Waals surface area contributed by atoms with Gasteiger partial charge in [-0.25, -0.2) is 0 Å². The van der Waals surface area contributed by atoms with Crippen LogP contribution in [0.4, 0.5) is 5.69 Å². The van der Waals surface area contributed by atoms with Crippen molar-refractivity contribution in [3.63, 3.8) is 0 Å². The maximum absolute atomic E-state index is 11.9. The first kappa shape index (κ1) is 15.8. The minimum atomic E-state index is -0.986. The summed E-state index contributed by atoms with van der Waals surface area (Å²) in [6.07, 6.45) is -0.163. The van der Waals surface area contributed by atoms with Crippen molar-refractivity contribution < 1.29 is 24.2 Å². The molecule has 20 heavy (non-hydrogen) atoms. The number of Topliss-reactive ketones (excluding diaryl/α,β-unsaturated/α-hetero) is 1. The molecule has 0 aliphatic rings. The van der Waals surface area contributed by atoms with Gasteiger partial charge in [-0.2, -0.15) is 0 Å². The van der Waals surface area contributed by atoms with Crippen LogP contribution in [-0.4, -0.2) is 43.0 Å². The maximum Gasteiger partial charge on any atom is 0.305 e. The molecule has 1 N–H and O–H groups in total. The zero-order valence-corrected chi connectivity index (χ0v) is 11.5. The van der Waals surface area contributed by atoms with Gasteiger partial charge in [-0.15, -0.1) is 0 Å². The molecule has 0 spiro atoms. The van der Waals surface area contributed by atoms with E-state index in [2.05, 4.69) is 0 Å². The van der Waals surface area contributed by atoms with Crippen LogP contribution in [0.3, 0.4) is 0 Å². The number of ketones is 1. The lowest BCUT2D eigenvalue weighted by Crippen LogP contribution is -2.35. The van der Waals surface area contributed by atoms with Crippen LogP contribution in [0.15, 0.2) is 24.3 Å². The third-order valence-electron chi connectivity index (χ3n) is 2.70. The smallest absolute Gasteiger partial charge is 0.305 e. The second-order valence-electron chi connectivity index (χ2n) is 4.23. The summed E-state index contributed by atoms with van der Waals surface area (Å²) in [4.78, 5) is 35.1. The number of carboxylic acid groups (broad SMARTS) is 1. The van der Waals surface area contributed by atoms with Crippen molar-refractivity contribution in [3.8, 4) is 0 Å². The summed E-state index contributed by atoms with van der Waals surface area (Å²) in [5, 5.41) is 8.72. The van der Waals surface area contributed by atoms with Crippen molar-refractivity contribution in [3.05, 3.63) is 29.8 Å². The van der Waals surface area contributed by atoms with E-state index >= 15 is 0 Å². The number of hydrogen-bond acceptors (Lipinski definition) is 4. The van der Waals surface area contributed by atoms with Gasteiger partial charge in [0.1, 0.15) is 6.61 Å². The summed E-state index contributed by atoms with van der Waals surface area (Å²) in [5.41, 5.74) is 1.07. The third kappa shape index (κ3) is 4.47. The van der Waals surface area contributed by atoms with Crippen LogP contribution >= 0.6 is 0 Å². The van der Waals surface area contributed by atoms with E-state index in [4.69, 9.17) is 9.84 Å². The Labute approximate surface area is 117 Å². The van der Waals surface area contributed by atoms with E-state index in [0.29, 0.717) is 11.3 Å². The molecule has 0 atom stereocenters. The first-order valence-corrected chi connectivity index (χ1v) is 6.07. The van der Waals surface area contributed by atoms with Crippen LogP contribution in [0.2, 0.25) is 0 Å². The van der Waals surface area contributed by atoms with Crippen LogP contribution < -0.4 is 4.90 Å². The fourth-order valence-electron chi connectivity index (χ4n) is 1.68. The predicted octanol–water partition coefficient (Wildman–Crippen LogP) is 1.34. The number of anilines is 1. The van der Waals surface area contributed by atoms with Crippen LogP contribution in [0, 0.1) is 0 Å². The Balaban J connectivity index is 2.93. The Bertz CT molecular complexity index is 495. The van der Waals surface area contributed by atoms with Crippen molar-refractivity contribution >= 4 is 23.3 Å². The van der Waals surface area contributed by atoms with Crippen molar-refractivity contribution in [1.82, 2.24) is 0 Å². The molecule has 1 rings (SSSR count). The second kappa shape index (κ2) is 7.40. The molecule has 0 saturated heterocycles. The van der Waals surface area contributed by atoms with Gasteiger partial charge in [0, 0.05) is 24.9 Å².